The van der Waals surface area contributed by atoms with Crippen LogP contribution >= 0.6 is 0 Å². The van der Waals surface area contributed by atoms with Gasteiger partial charge in [0.1, 0.15) is 5.54 Å². The summed E-state index contributed by atoms with van der Waals surface area (Å²) in [5, 5.41) is 2.51. The third kappa shape index (κ3) is 3.09. The Kier molecular flexibility index (Phi) is 4.91. The highest BCUT2D eigenvalue weighted by Gasteiger charge is 2.54. The van der Waals surface area contributed by atoms with Crippen molar-refractivity contribution in [1.29, 1.82) is 0 Å². The predicted molar refractivity (Wildman–Crippen MR) is 111 cm³/mol. The number of methoxy groups -OCH3 is 1. The smallest absolute Gasteiger partial charge is 0.337 e. The van der Waals surface area contributed by atoms with Crippen LogP contribution in [0.25, 0.3) is 11.0 Å². The molecule has 2 aliphatic rings. The summed E-state index contributed by atoms with van der Waals surface area (Å²) in [6.45, 7) is 5.86. The van der Waals surface area contributed by atoms with E-state index in [9.17, 15) is 14.4 Å². The minimum absolute atomic E-state index is 0.194. The molecule has 3 amide bonds. The largest absolute Gasteiger partial charge is 0.465 e. The maximum absolute atomic E-state index is 12.7. The summed E-state index contributed by atoms with van der Waals surface area (Å²) in [5.74, 6) is 0.467. The summed E-state index contributed by atoms with van der Waals surface area (Å²) in [5.41, 5.74) is 1.30. The number of anilines is 1. The molecular formula is C21H27N5O4. The number of aromatic nitrogens is 2. The summed E-state index contributed by atoms with van der Waals surface area (Å²) >= 11 is 0. The number of amides is 3. The van der Waals surface area contributed by atoms with Crippen molar-refractivity contribution in [2.75, 3.05) is 31.6 Å². The van der Waals surface area contributed by atoms with Crippen LogP contribution in [0.1, 0.15) is 37.0 Å². The van der Waals surface area contributed by atoms with E-state index >= 15 is 0 Å². The van der Waals surface area contributed by atoms with Crippen molar-refractivity contribution in [2.24, 2.45) is 13.0 Å². The number of carbonyl (C=O) groups is 3. The predicted octanol–water partition coefficient (Wildman–Crippen LogP) is 1.91. The van der Waals surface area contributed by atoms with Crippen LogP contribution in [0.5, 0.6) is 0 Å². The normalized spacial score (nSPS) is 18.6. The first-order valence-electron chi connectivity index (χ1n) is 10.2. The molecule has 0 atom stereocenters. The molecule has 2 aliphatic heterocycles. The number of imide groups is 1. The summed E-state index contributed by atoms with van der Waals surface area (Å²) in [4.78, 5) is 45.4. The van der Waals surface area contributed by atoms with Gasteiger partial charge in [0.05, 0.1) is 23.7 Å². The molecule has 0 radical (unpaired) electrons. The Morgan fingerprint density at radius 1 is 1.27 bits per heavy atom. The van der Waals surface area contributed by atoms with Crippen LogP contribution in [0.3, 0.4) is 0 Å². The van der Waals surface area contributed by atoms with Gasteiger partial charge >= 0.3 is 12.0 Å². The average Bonchev–Trinajstić information content (AvgIpc) is 3.17. The summed E-state index contributed by atoms with van der Waals surface area (Å²) in [6.07, 6.45) is 1.10. The Hall–Kier alpha value is -3.10. The molecule has 2 fully saturated rings. The van der Waals surface area contributed by atoms with Crippen LogP contribution in [-0.4, -0.2) is 64.6 Å². The maximum Gasteiger partial charge on any atom is 0.337 e. The van der Waals surface area contributed by atoms with Crippen LogP contribution in [-0.2, 0) is 16.6 Å². The lowest BCUT2D eigenvalue weighted by atomic mass is 9.85. The van der Waals surface area contributed by atoms with Gasteiger partial charge in [-0.25, -0.2) is 14.6 Å². The number of aryl methyl sites for hydroxylation is 1. The molecule has 1 N–H and O–H groups in total. The van der Waals surface area contributed by atoms with Crippen molar-refractivity contribution in [3.63, 3.8) is 0 Å². The molecule has 9 nitrogen and oxygen atoms in total. The molecule has 9 heteroatoms. The number of fused-ring (bicyclic) bond motifs is 1. The number of esters is 1. The fourth-order valence-electron chi connectivity index (χ4n) is 4.51. The molecule has 1 aromatic heterocycles. The number of ether oxygens (including phenoxy) is 1. The molecule has 0 bridgehead atoms. The summed E-state index contributed by atoms with van der Waals surface area (Å²) < 4.78 is 6.78. The van der Waals surface area contributed by atoms with E-state index in [0.717, 1.165) is 11.5 Å². The number of hydrogen-bond donors (Lipinski definition) is 1. The standard InChI is InChI=1S/C21H27N5O4/c1-13(2)12-26-20(29)23-18(28)21(26)7-9-25(10-8-21)19-22-15-11-14(17(27)30-4)5-6-16(15)24(19)3/h5-6,11,13H,7-10,12H2,1-4H3,(H,23,28,29). The Morgan fingerprint density at radius 2 is 1.97 bits per heavy atom. The van der Waals surface area contributed by atoms with Crippen molar-refractivity contribution >= 4 is 34.9 Å². The maximum atomic E-state index is 12.7. The molecule has 160 valence electrons. The van der Waals surface area contributed by atoms with Crippen molar-refractivity contribution in [3.05, 3.63) is 23.8 Å². The van der Waals surface area contributed by atoms with E-state index in [-0.39, 0.29) is 17.9 Å². The van der Waals surface area contributed by atoms with E-state index in [4.69, 9.17) is 9.72 Å². The Balaban J connectivity index is 1.59. The van der Waals surface area contributed by atoms with E-state index in [1.165, 1.54) is 7.11 Å². The van der Waals surface area contributed by atoms with Crippen molar-refractivity contribution in [1.82, 2.24) is 19.8 Å². The van der Waals surface area contributed by atoms with Crippen molar-refractivity contribution < 1.29 is 19.1 Å². The zero-order valence-corrected chi connectivity index (χ0v) is 17.8. The van der Waals surface area contributed by atoms with E-state index in [2.05, 4.69) is 10.2 Å². The molecule has 1 aromatic carbocycles. The number of carbonyl (C=O) groups excluding carboxylic acids is 3. The minimum atomic E-state index is -0.777. The monoisotopic (exact) mass is 413 g/mol. The number of nitrogens with zero attached hydrogens (tertiary/aromatic N) is 4. The third-order valence-electron chi connectivity index (χ3n) is 6.10. The summed E-state index contributed by atoms with van der Waals surface area (Å²) in [6, 6.07) is 5.02. The van der Waals surface area contributed by atoms with Gasteiger partial charge in [0, 0.05) is 26.7 Å². The highest BCUT2D eigenvalue weighted by molar-refractivity contribution is 6.07. The van der Waals surface area contributed by atoms with Crippen LogP contribution in [0, 0.1) is 5.92 Å². The van der Waals surface area contributed by atoms with Gasteiger partial charge in [-0.1, -0.05) is 13.8 Å². The van der Waals surface area contributed by atoms with Gasteiger partial charge < -0.3 is 19.1 Å². The Labute approximate surface area is 175 Å². The lowest BCUT2D eigenvalue weighted by Gasteiger charge is -2.43. The first-order chi connectivity index (χ1) is 14.3. The number of benzene rings is 1. The topological polar surface area (TPSA) is 96.8 Å². The van der Waals surface area contributed by atoms with Crippen LogP contribution in [0.15, 0.2) is 18.2 Å². The van der Waals surface area contributed by atoms with Crippen molar-refractivity contribution in [3.8, 4) is 0 Å². The number of piperidine rings is 1. The first-order valence-corrected chi connectivity index (χ1v) is 10.2. The Morgan fingerprint density at radius 3 is 2.60 bits per heavy atom. The van der Waals surface area contributed by atoms with Gasteiger partial charge in [0.2, 0.25) is 5.95 Å². The second-order valence-corrected chi connectivity index (χ2v) is 8.45. The van der Waals surface area contributed by atoms with Gasteiger partial charge in [0.25, 0.3) is 5.91 Å². The molecule has 3 heterocycles. The molecular weight excluding hydrogens is 386 g/mol. The molecule has 4 rings (SSSR count). The third-order valence-corrected chi connectivity index (χ3v) is 6.10. The first kappa shape index (κ1) is 20.2. The number of hydrogen-bond acceptors (Lipinski definition) is 6. The van der Waals surface area contributed by atoms with E-state index in [1.54, 1.807) is 17.0 Å². The highest BCUT2D eigenvalue weighted by atomic mass is 16.5. The molecule has 2 aromatic rings. The molecule has 0 saturated carbocycles. The number of nitrogens with one attached hydrogen (secondary N) is 1. The van der Waals surface area contributed by atoms with Crippen LogP contribution in [0.4, 0.5) is 10.7 Å². The lowest BCUT2D eigenvalue weighted by molar-refractivity contribution is -0.127. The van der Waals surface area contributed by atoms with E-state index in [1.807, 2.05) is 31.5 Å². The van der Waals surface area contributed by atoms with Gasteiger partial charge in [-0.05, 0) is 37.0 Å². The zero-order chi connectivity index (χ0) is 21.6. The molecule has 1 spiro atoms. The highest BCUT2D eigenvalue weighted by Crippen LogP contribution is 2.35. The second-order valence-electron chi connectivity index (χ2n) is 8.45. The Bertz CT molecular complexity index is 1020. The molecule has 0 aliphatic carbocycles. The SMILES string of the molecule is COC(=O)c1ccc2c(c1)nc(N1CCC3(CC1)C(=O)NC(=O)N3CC(C)C)n2C. The number of rotatable bonds is 4. The fraction of sp³-hybridized carbons (Fsp3) is 0.524. The van der Waals surface area contributed by atoms with Gasteiger partial charge in [-0.15, -0.1) is 0 Å². The van der Waals surface area contributed by atoms with Gasteiger partial charge in [0.15, 0.2) is 0 Å². The van der Waals surface area contributed by atoms with Gasteiger partial charge in [-0.3, -0.25) is 10.1 Å². The van der Waals surface area contributed by atoms with Crippen LogP contribution in [0.2, 0.25) is 0 Å². The molecule has 0 unspecified atom stereocenters. The quantitative estimate of drug-likeness (QED) is 0.608. The zero-order valence-electron chi connectivity index (χ0n) is 17.8. The van der Waals surface area contributed by atoms with E-state index < -0.39 is 11.5 Å². The fourth-order valence-corrected chi connectivity index (χ4v) is 4.51. The van der Waals surface area contributed by atoms with Crippen molar-refractivity contribution in [2.45, 2.75) is 32.2 Å². The van der Waals surface area contributed by atoms with Gasteiger partial charge in [-0.2, -0.15) is 0 Å². The summed E-state index contributed by atoms with van der Waals surface area (Å²) in [7, 11) is 3.29. The minimum Gasteiger partial charge on any atom is -0.465 e. The molecule has 30 heavy (non-hydrogen) atoms. The second kappa shape index (κ2) is 7.30. The lowest BCUT2D eigenvalue weighted by Crippen LogP contribution is -2.57. The van der Waals surface area contributed by atoms with E-state index in [0.29, 0.717) is 43.6 Å². The number of urea groups is 1. The average molecular weight is 413 g/mol. The molecule has 2 saturated heterocycles. The number of imidazole rings is 1. The van der Waals surface area contributed by atoms with Crippen LogP contribution < -0.4 is 10.2 Å².